The molecule has 0 aliphatic carbocycles. The molecule has 0 saturated carbocycles. The predicted octanol–water partition coefficient (Wildman–Crippen LogP) is 18.5. The average Bonchev–Trinajstić information content (AvgIpc) is 3.29. The standard InChI is InChI=1S/C58H106O6/c1-4-7-10-13-16-19-22-25-27-28-29-30-32-34-37-40-43-46-49-52-58(61)64-55(53-62-56(59)50-47-44-41-38-35-24-21-18-15-12-9-6-3)54-63-57(60)51-48-45-42-39-36-33-31-26-23-20-17-14-11-8-5-2/h16,19-20,23,25,27,55H,4-15,17-18,21-22,24,26,28-54H2,1-3H3/b19-16-,23-20-,27-25-/t55-/m0/s1. The van der Waals surface area contributed by atoms with E-state index in [1.807, 2.05) is 0 Å². The van der Waals surface area contributed by atoms with Crippen LogP contribution in [0.25, 0.3) is 0 Å². The minimum Gasteiger partial charge on any atom is -0.462 e. The third-order valence-corrected chi connectivity index (χ3v) is 12.4. The Morgan fingerprint density at radius 3 is 0.922 bits per heavy atom. The number of rotatable bonds is 51. The Hall–Kier alpha value is -2.37. The molecule has 0 fully saturated rings. The van der Waals surface area contributed by atoms with Crippen LogP contribution in [0.1, 0.15) is 297 Å². The van der Waals surface area contributed by atoms with E-state index in [-0.39, 0.29) is 31.1 Å². The van der Waals surface area contributed by atoms with Crippen molar-refractivity contribution >= 4 is 17.9 Å². The van der Waals surface area contributed by atoms with Gasteiger partial charge in [-0.2, -0.15) is 0 Å². The largest absolute Gasteiger partial charge is 0.462 e. The minimum absolute atomic E-state index is 0.0717. The number of hydrogen-bond acceptors (Lipinski definition) is 6. The van der Waals surface area contributed by atoms with Gasteiger partial charge in [-0.05, 0) is 77.0 Å². The lowest BCUT2D eigenvalue weighted by Crippen LogP contribution is -2.30. The van der Waals surface area contributed by atoms with Crippen molar-refractivity contribution in [2.24, 2.45) is 0 Å². The fourth-order valence-electron chi connectivity index (χ4n) is 8.12. The summed E-state index contributed by atoms with van der Waals surface area (Å²) in [6.45, 7) is 6.62. The molecule has 0 N–H and O–H groups in total. The van der Waals surface area contributed by atoms with Crippen LogP contribution >= 0.6 is 0 Å². The highest BCUT2D eigenvalue weighted by Crippen LogP contribution is 2.16. The highest BCUT2D eigenvalue weighted by atomic mass is 16.6. The maximum absolute atomic E-state index is 12.8. The van der Waals surface area contributed by atoms with Crippen LogP contribution in [-0.2, 0) is 28.6 Å². The van der Waals surface area contributed by atoms with Crippen molar-refractivity contribution in [3.8, 4) is 0 Å². The van der Waals surface area contributed by atoms with Crippen molar-refractivity contribution in [1.82, 2.24) is 0 Å². The van der Waals surface area contributed by atoms with E-state index >= 15 is 0 Å². The number of ether oxygens (including phenoxy) is 3. The second kappa shape index (κ2) is 53.2. The summed E-state index contributed by atoms with van der Waals surface area (Å²) in [4.78, 5) is 38.1. The van der Waals surface area contributed by atoms with E-state index in [4.69, 9.17) is 14.2 Å². The van der Waals surface area contributed by atoms with E-state index in [0.717, 1.165) is 64.2 Å². The Morgan fingerprint density at radius 1 is 0.312 bits per heavy atom. The minimum atomic E-state index is -0.772. The van der Waals surface area contributed by atoms with Crippen LogP contribution in [0.2, 0.25) is 0 Å². The van der Waals surface area contributed by atoms with Gasteiger partial charge in [0.05, 0.1) is 0 Å². The summed E-state index contributed by atoms with van der Waals surface area (Å²) >= 11 is 0. The van der Waals surface area contributed by atoms with Crippen molar-refractivity contribution in [1.29, 1.82) is 0 Å². The Bertz CT molecular complexity index is 1080. The topological polar surface area (TPSA) is 78.9 Å². The Balaban J connectivity index is 4.34. The molecule has 6 nitrogen and oxygen atoms in total. The van der Waals surface area contributed by atoms with Crippen LogP contribution in [0.15, 0.2) is 36.5 Å². The molecule has 64 heavy (non-hydrogen) atoms. The van der Waals surface area contributed by atoms with Gasteiger partial charge < -0.3 is 14.2 Å². The first-order valence-electron chi connectivity index (χ1n) is 28.0. The molecule has 0 bridgehead atoms. The van der Waals surface area contributed by atoms with Crippen molar-refractivity contribution in [2.75, 3.05) is 13.2 Å². The van der Waals surface area contributed by atoms with Gasteiger partial charge in [-0.3, -0.25) is 14.4 Å². The molecule has 1 atom stereocenters. The molecule has 374 valence electrons. The smallest absolute Gasteiger partial charge is 0.306 e. The van der Waals surface area contributed by atoms with Crippen LogP contribution in [0, 0.1) is 0 Å². The zero-order valence-corrected chi connectivity index (χ0v) is 42.8. The third-order valence-electron chi connectivity index (χ3n) is 12.4. The first kappa shape index (κ1) is 61.6. The molecule has 0 aromatic carbocycles. The van der Waals surface area contributed by atoms with Gasteiger partial charge in [-0.25, -0.2) is 0 Å². The van der Waals surface area contributed by atoms with Gasteiger partial charge in [-0.15, -0.1) is 0 Å². The first-order chi connectivity index (χ1) is 31.5. The molecule has 6 heteroatoms. The molecule has 0 aromatic rings. The number of carbonyl (C=O) groups excluding carboxylic acids is 3. The van der Waals surface area contributed by atoms with E-state index < -0.39 is 6.10 Å². The quantitative estimate of drug-likeness (QED) is 0.0262. The van der Waals surface area contributed by atoms with Crippen LogP contribution in [-0.4, -0.2) is 37.2 Å². The third kappa shape index (κ3) is 50.6. The molecule has 0 rings (SSSR count). The van der Waals surface area contributed by atoms with E-state index in [1.165, 1.54) is 193 Å². The zero-order chi connectivity index (χ0) is 46.5. The van der Waals surface area contributed by atoms with Crippen molar-refractivity contribution in [3.63, 3.8) is 0 Å². The normalized spacial score (nSPS) is 12.2. The fraction of sp³-hybridized carbons (Fsp3) is 0.845. The molecular weight excluding hydrogens is 793 g/mol. The second-order valence-corrected chi connectivity index (χ2v) is 18.8. The maximum atomic E-state index is 12.8. The summed E-state index contributed by atoms with van der Waals surface area (Å²) in [5.74, 6) is -0.866. The van der Waals surface area contributed by atoms with E-state index in [1.54, 1.807) is 0 Å². The zero-order valence-electron chi connectivity index (χ0n) is 42.8. The molecule has 0 spiro atoms. The van der Waals surface area contributed by atoms with E-state index in [2.05, 4.69) is 57.2 Å². The average molecular weight is 899 g/mol. The Labute approximate surface area is 397 Å². The summed E-state index contributed by atoms with van der Waals surface area (Å²) in [6, 6.07) is 0. The molecule has 0 unspecified atom stereocenters. The summed E-state index contributed by atoms with van der Waals surface area (Å²) in [7, 11) is 0. The SMILES string of the molecule is CCCCC/C=C\C/C=C\CCCCCCCCCCCC(=O)O[C@H](COC(=O)CCCCCCCCC/C=C\CCCCCC)COC(=O)CCCCCCCCCCCCCC. The number of hydrogen-bond donors (Lipinski definition) is 0. The van der Waals surface area contributed by atoms with Gasteiger partial charge in [0.2, 0.25) is 0 Å². The molecule has 0 aromatic heterocycles. The van der Waals surface area contributed by atoms with Gasteiger partial charge in [0.1, 0.15) is 13.2 Å². The monoisotopic (exact) mass is 899 g/mol. The highest BCUT2D eigenvalue weighted by molar-refractivity contribution is 5.71. The summed E-state index contributed by atoms with van der Waals surface area (Å²) < 4.78 is 16.8. The van der Waals surface area contributed by atoms with Crippen LogP contribution in [0.5, 0.6) is 0 Å². The molecule has 0 amide bonds. The Morgan fingerprint density at radius 2 is 0.562 bits per heavy atom. The summed E-state index contributed by atoms with van der Waals surface area (Å²) in [6.07, 6.45) is 62.7. The number of carbonyl (C=O) groups is 3. The first-order valence-corrected chi connectivity index (χ1v) is 28.0. The second-order valence-electron chi connectivity index (χ2n) is 18.8. The van der Waals surface area contributed by atoms with E-state index in [9.17, 15) is 14.4 Å². The number of unbranched alkanes of at least 4 members (excludes halogenated alkanes) is 34. The fourth-order valence-corrected chi connectivity index (χ4v) is 8.12. The van der Waals surface area contributed by atoms with E-state index in [0.29, 0.717) is 19.3 Å². The maximum Gasteiger partial charge on any atom is 0.306 e. The van der Waals surface area contributed by atoms with Gasteiger partial charge >= 0.3 is 17.9 Å². The molecule has 0 aliphatic rings. The van der Waals surface area contributed by atoms with Gasteiger partial charge in [-0.1, -0.05) is 237 Å². The highest BCUT2D eigenvalue weighted by Gasteiger charge is 2.19. The van der Waals surface area contributed by atoms with Crippen molar-refractivity contribution in [3.05, 3.63) is 36.5 Å². The lowest BCUT2D eigenvalue weighted by atomic mass is 10.0. The molecule has 0 heterocycles. The number of esters is 3. The Kier molecular flexibility index (Phi) is 51.3. The lowest BCUT2D eigenvalue weighted by molar-refractivity contribution is -0.167. The molecule has 0 aliphatic heterocycles. The van der Waals surface area contributed by atoms with Crippen LogP contribution < -0.4 is 0 Å². The molecular formula is C58H106O6. The van der Waals surface area contributed by atoms with Crippen LogP contribution in [0.4, 0.5) is 0 Å². The predicted molar refractivity (Wildman–Crippen MR) is 275 cm³/mol. The van der Waals surface area contributed by atoms with Gasteiger partial charge in [0.25, 0.3) is 0 Å². The summed E-state index contributed by atoms with van der Waals surface area (Å²) in [5, 5.41) is 0. The van der Waals surface area contributed by atoms with Crippen molar-refractivity contribution < 1.29 is 28.6 Å². The van der Waals surface area contributed by atoms with Crippen molar-refractivity contribution in [2.45, 2.75) is 303 Å². The van der Waals surface area contributed by atoms with Crippen LogP contribution in [0.3, 0.4) is 0 Å². The summed E-state index contributed by atoms with van der Waals surface area (Å²) in [5.41, 5.74) is 0. The molecule has 0 saturated heterocycles. The lowest BCUT2D eigenvalue weighted by Gasteiger charge is -2.18. The van der Waals surface area contributed by atoms with Gasteiger partial charge in [0.15, 0.2) is 6.10 Å². The van der Waals surface area contributed by atoms with Gasteiger partial charge in [0, 0.05) is 19.3 Å². The number of allylic oxidation sites excluding steroid dienone is 6. The molecule has 0 radical (unpaired) electrons.